The van der Waals surface area contributed by atoms with Crippen molar-refractivity contribution in [2.75, 3.05) is 25.0 Å². The summed E-state index contributed by atoms with van der Waals surface area (Å²) in [6, 6.07) is 0. The van der Waals surface area contributed by atoms with Crippen LogP contribution in [0.1, 0.15) is 81.9 Å². The minimum absolute atomic E-state index is 0.172. The number of hydrogen-bond donors (Lipinski definition) is 2. The third-order valence-electron chi connectivity index (χ3n) is 9.58. The number of nitrogens with zero attached hydrogens (tertiary/aromatic N) is 3. The van der Waals surface area contributed by atoms with Gasteiger partial charge in [-0.05, 0) is 86.9 Å². The summed E-state index contributed by atoms with van der Waals surface area (Å²) in [5.74, 6) is 4.49. The van der Waals surface area contributed by atoms with E-state index >= 15 is 0 Å². The Bertz CT molecular complexity index is 754. The van der Waals surface area contributed by atoms with E-state index in [1.165, 1.54) is 88.4 Å². The summed E-state index contributed by atoms with van der Waals surface area (Å²) in [5, 5.41) is 14.9. The average Bonchev–Trinajstić information content (AvgIpc) is 2.77. The molecule has 5 heteroatoms. The van der Waals surface area contributed by atoms with Crippen molar-refractivity contribution in [1.29, 1.82) is 0 Å². The molecule has 2 N–H and O–H groups in total. The van der Waals surface area contributed by atoms with Gasteiger partial charge in [0.1, 0.15) is 12.1 Å². The highest BCUT2D eigenvalue weighted by Gasteiger charge is 2.53. The Hall–Kier alpha value is -1.20. The molecule has 5 saturated carbocycles. The number of aromatic nitrogens is 2. The maximum Gasteiger partial charge on any atom is 0.133 e. The first-order valence-electron chi connectivity index (χ1n) is 13.1. The van der Waals surface area contributed by atoms with Gasteiger partial charge in [0.15, 0.2) is 0 Å². The molecular formula is C26H40N4O. The molecule has 0 saturated heterocycles. The molecule has 6 aliphatic rings. The van der Waals surface area contributed by atoms with Crippen LogP contribution < -0.4 is 5.32 Å². The molecule has 0 radical (unpaired) electrons. The van der Waals surface area contributed by atoms with Crippen LogP contribution in [0, 0.1) is 29.1 Å². The number of rotatable bonds is 6. The van der Waals surface area contributed by atoms with Gasteiger partial charge in [0, 0.05) is 31.7 Å². The van der Waals surface area contributed by atoms with Crippen molar-refractivity contribution < 1.29 is 5.11 Å². The van der Waals surface area contributed by atoms with Crippen molar-refractivity contribution in [1.82, 2.24) is 14.9 Å². The summed E-state index contributed by atoms with van der Waals surface area (Å²) >= 11 is 0. The molecule has 4 bridgehead atoms. The van der Waals surface area contributed by atoms with E-state index in [1.54, 1.807) is 6.33 Å². The summed E-state index contributed by atoms with van der Waals surface area (Å²) < 4.78 is 0. The molecule has 5 nitrogen and oxygen atoms in total. The van der Waals surface area contributed by atoms with Crippen LogP contribution in [0.15, 0.2) is 6.33 Å². The van der Waals surface area contributed by atoms with Crippen LogP contribution in [0.25, 0.3) is 0 Å². The van der Waals surface area contributed by atoms with Crippen LogP contribution in [-0.2, 0) is 13.0 Å². The maximum absolute atomic E-state index is 11.3. The van der Waals surface area contributed by atoms with E-state index in [1.807, 2.05) is 0 Å². The maximum atomic E-state index is 11.3. The molecule has 1 aromatic heterocycles. The van der Waals surface area contributed by atoms with Gasteiger partial charge >= 0.3 is 0 Å². The predicted octanol–water partition coefficient (Wildman–Crippen LogP) is 4.40. The van der Waals surface area contributed by atoms with Crippen LogP contribution in [0.3, 0.4) is 0 Å². The average molecular weight is 425 g/mol. The summed E-state index contributed by atoms with van der Waals surface area (Å²) in [4.78, 5) is 11.9. The van der Waals surface area contributed by atoms with E-state index in [4.69, 9.17) is 0 Å². The molecule has 1 aromatic rings. The zero-order chi connectivity index (χ0) is 20.8. The second-order valence-electron chi connectivity index (χ2n) is 11.8. The quantitative estimate of drug-likeness (QED) is 0.709. The van der Waals surface area contributed by atoms with Crippen molar-refractivity contribution >= 4 is 5.82 Å². The lowest BCUT2D eigenvalue weighted by Gasteiger charge is -2.58. The van der Waals surface area contributed by atoms with Crippen LogP contribution >= 0.6 is 0 Å². The Balaban J connectivity index is 1.09. The molecule has 2 heterocycles. The van der Waals surface area contributed by atoms with E-state index in [0.29, 0.717) is 6.54 Å². The van der Waals surface area contributed by atoms with E-state index < -0.39 is 0 Å². The number of hydrogen-bond acceptors (Lipinski definition) is 5. The standard InChI is InChI=1S/C26H40N4O/c31-24(26-11-19-8-20(12-26)10-21(9-19)13-26)14-27-25-22-6-7-30(16-23(22)28-17-29-25)15-18-4-2-1-3-5-18/h17-21,24,31H,1-16H2,(H,27,28,29). The van der Waals surface area contributed by atoms with Crippen LogP contribution in [0.2, 0.25) is 0 Å². The second-order valence-corrected chi connectivity index (χ2v) is 11.8. The van der Waals surface area contributed by atoms with Gasteiger partial charge in [-0.15, -0.1) is 0 Å². The lowest BCUT2D eigenvalue weighted by atomic mass is 9.48. The highest BCUT2D eigenvalue weighted by Crippen LogP contribution is 2.61. The Morgan fingerprint density at radius 3 is 2.45 bits per heavy atom. The molecule has 1 unspecified atom stereocenters. The third kappa shape index (κ3) is 4.01. The van der Waals surface area contributed by atoms with Crippen molar-refractivity contribution in [3.05, 3.63) is 17.6 Å². The minimum atomic E-state index is -0.252. The predicted molar refractivity (Wildman–Crippen MR) is 123 cm³/mol. The molecule has 5 fully saturated rings. The van der Waals surface area contributed by atoms with E-state index in [9.17, 15) is 5.11 Å². The van der Waals surface area contributed by atoms with Crippen molar-refractivity contribution in [3.63, 3.8) is 0 Å². The van der Waals surface area contributed by atoms with E-state index in [0.717, 1.165) is 49.0 Å². The smallest absolute Gasteiger partial charge is 0.133 e. The summed E-state index contributed by atoms with van der Waals surface area (Å²) in [5.41, 5.74) is 2.66. The number of fused-ring (bicyclic) bond motifs is 1. The van der Waals surface area contributed by atoms with Gasteiger partial charge < -0.3 is 10.4 Å². The van der Waals surface area contributed by atoms with Gasteiger partial charge in [-0.25, -0.2) is 9.97 Å². The summed E-state index contributed by atoms with van der Waals surface area (Å²) in [6.45, 7) is 3.95. The number of aliphatic hydroxyl groups is 1. The molecule has 1 atom stereocenters. The third-order valence-corrected chi connectivity index (χ3v) is 9.58. The molecule has 31 heavy (non-hydrogen) atoms. The number of nitrogens with one attached hydrogen (secondary N) is 1. The van der Waals surface area contributed by atoms with Gasteiger partial charge in [-0.1, -0.05) is 19.3 Å². The van der Waals surface area contributed by atoms with Crippen molar-refractivity contribution in [2.24, 2.45) is 29.1 Å². The Kier molecular flexibility index (Phi) is 5.46. The van der Waals surface area contributed by atoms with Crippen molar-refractivity contribution in [3.8, 4) is 0 Å². The lowest BCUT2D eigenvalue weighted by molar-refractivity contribution is -0.115. The van der Waals surface area contributed by atoms with E-state index in [2.05, 4.69) is 20.2 Å². The van der Waals surface area contributed by atoms with Gasteiger partial charge in [-0.2, -0.15) is 0 Å². The Morgan fingerprint density at radius 2 is 1.74 bits per heavy atom. The number of anilines is 1. The first kappa shape index (κ1) is 20.4. The Morgan fingerprint density at radius 1 is 1.03 bits per heavy atom. The topological polar surface area (TPSA) is 61.3 Å². The van der Waals surface area contributed by atoms with E-state index in [-0.39, 0.29) is 11.5 Å². The fourth-order valence-corrected chi connectivity index (χ4v) is 8.45. The van der Waals surface area contributed by atoms with Crippen LogP contribution in [0.4, 0.5) is 5.82 Å². The van der Waals surface area contributed by atoms with Gasteiger partial charge in [0.05, 0.1) is 11.8 Å². The number of aliphatic hydroxyl groups excluding tert-OH is 1. The summed E-state index contributed by atoms with van der Waals surface area (Å²) in [7, 11) is 0. The van der Waals surface area contributed by atoms with Crippen molar-refractivity contribution in [2.45, 2.75) is 89.7 Å². The van der Waals surface area contributed by atoms with Crippen LogP contribution in [0.5, 0.6) is 0 Å². The molecule has 7 rings (SSSR count). The molecule has 170 valence electrons. The fraction of sp³-hybridized carbons (Fsp3) is 0.846. The van der Waals surface area contributed by atoms with Gasteiger partial charge in [-0.3, -0.25) is 4.90 Å². The van der Waals surface area contributed by atoms with Gasteiger partial charge in [0.25, 0.3) is 0 Å². The molecule has 1 aliphatic heterocycles. The SMILES string of the molecule is OC(CNc1ncnc2c1CCN(CC1CCCCC1)C2)C12CC3CC(CC(C3)C1)C2. The normalized spacial score (nSPS) is 36.4. The fourth-order valence-electron chi connectivity index (χ4n) is 8.45. The molecule has 0 amide bonds. The second kappa shape index (κ2) is 8.30. The Labute approximate surface area is 187 Å². The lowest BCUT2D eigenvalue weighted by Crippen LogP contribution is -2.53. The molecular weight excluding hydrogens is 384 g/mol. The molecule has 0 aromatic carbocycles. The highest BCUT2D eigenvalue weighted by atomic mass is 16.3. The van der Waals surface area contributed by atoms with Crippen LogP contribution in [-0.4, -0.2) is 45.7 Å². The highest BCUT2D eigenvalue weighted by molar-refractivity contribution is 5.47. The van der Waals surface area contributed by atoms with Gasteiger partial charge in [0.2, 0.25) is 0 Å². The summed E-state index contributed by atoms with van der Waals surface area (Å²) in [6.07, 6.45) is 17.6. The molecule has 0 spiro atoms. The monoisotopic (exact) mass is 424 g/mol. The first-order valence-corrected chi connectivity index (χ1v) is 13.1. The first-order chi connectivity index (χ1) is 15.2. The molecule has 5 aliphatic carbocycles. The zero-order valence-corrected chi connectivity index (χ0v) is 19.1. The minimum Gasteiger partial charge on any atom is -0.391 e. The largest absolute Gasteiger partial charge is 0.391 e. The zero-order valence-electron chi connectivity index (χ0n) is 19.1.